The fourth-order valence-electron chi connectivity index (χ4n) is 2.86. The molecule has 0 spiro atoms. The molecule has 2 aromatic rings. The van der Waals surface area contributed by atoms with Gasteiger partial charge in [0.25, 0.3) is 0 Å². The molecule has 1 unspecified atom stereocenters. The first-order valence-corrected chi connectivity index (χ1v) is 7.61. The third-order valence-corrected chi connectivity index (χ3v) is 4.12. The second-order valence-corrected chi connectivity index (χ2v) is 5.75. The van der Waals surface area contributed by atoms with Crippen molar-refractivity contribution >= 4 is 29.9 Å². The Morgan fingerprint density at radius 1 is 1.00 bits per heavy atom. The maximum atomic E-state index is 12.5. The van der Waals surface area contributed by atoms with Gasteiger partial charge in [-0.1, -0.05) is 42.5 Å². The summed E-state index contributed by atoms with van der Waals surface area (Å²) in [5, 5.41) is 0. The molecule has 1 saturated heterocycles. The molecule has 1 aliphatic rings. The minimum atomic E-state index is -0.275. The van der Waals surface area contributed by atoms with E-state index in [-0.39, 0.29) is 36.6 Å². The van der Waals surface area contributed by atoms with Gasteiger partial charge in [-0.3, -0.25) is 20.3 Å². The molecule has 1 heterocycles. The summed E-state index contributed by atoms with van der Waals surface area (Å²) in [6, 6.07) is 17.1. The normalized spacial score (nSPS) is 16.9. The van der Waals surface area contributed by atoms with Crippen molar-refractivity contribution in [3.05, 3.63) is 65.7 Å². The first-order chi connectivity index (χ1) is 11.2. The Bertz CT molecular complexity index is 704. The van der Waals surface area contributed by atoms with Gasteiger partial charge in [0.05, 0.1) is 12.5 Å². The quantitative estimate of drug-likeness (QED) is 0.496. The summed E-state index contributed by atoms with van der Waals surface area (Å²) < 4.78 is 0. The number of nitrogens with two attached hydrogens (primary N) is 1. The summed E-state index contributed by atoms with van der Waals surface area (Å²) >= 11 is 0. The van der Waals surface area contributed by atoms with Crippen molar-refractivity contribution in [1.82, 2.24) is 4.90 Å². The fourth-order valence-corrected chi connectivity index (χ4v) is 2.86. The molecule has 2 amide bonds. The number of benzene rings is 2. The van der Waals surface area contributed by atoms with Crippen LogP contribution in [0.2, 0.25) is 0 Å². The number of hydrogen-bond donors (Lipinski definition) is 2. The maximum Gasteiger partial charge on any atom is 0.233 e. The highest BCUT2D eigenvalue weighted by Gasteiger charge is 2.38. The van der Waals surface area contributed by atoms with Crippen LogP contribution in [0.1, 0.15) is 17.5 Å². The largest absolute Gasteiger partial charge is 0.324 e. The zero-order valence-corrected chi connectivity index (χ0v) is 14.0. The molecule has 0 aliphatic carbocycles. The number of imide groups is 1. The lowest BCUT2D eigenvalue weighted by atomic mass is 9.98. The lowest BCUT2D eigenvalue weighted by Crippen LogP contribution is -2.30. The topological polar surface area (TPSA) is 75.4 Å². The number of nitrogens with one attached hydrogen (secondary N) is 1. The number of nitrogen functional groups attached to an aromatic ring is 1. The number of hydrogen-bond acceptors (Lipinski definition) is 4. The number of nitrogens with zero attached hydrogens (tertiary/aromatic N) is 1. The lowest BCUT2D eigenvalue weighted by molar-refractivity contribution is -0.140. The number of carbonyl (C=O) groups is 2. The van der Waals surface area contributed by atoms with Crippen molar-refractivity contribution in [3.63, 3.8) is 0 Å². The SMILES string of the molecule is Cl.NNc1ccc(CC2CC(=O)N(Cc3ccccc3)C2=O)cc1. The minimum absolute atomic E-state index is 0. The highest BCUT2D eigenvalue weighted by molar-refractivity contribution is 6.03. The van der Waals surface area contributed by atoms with Crippen LogP contribution in [0, 0.1) is 5.92 Å². The first kappa shape index (κ1) is 18.0. The lowest BCUT2D eigenvalue weighted by Gasteiger charge is -2.15. The van der Waals surface area contributed by atoms with E-state index in [4.69, 9.17) is 5.84 Å². The molecule has 1 aliphatic heterocycles. The number of hydrazine groups is 1. The van der Waals surface area contributed by atoms with Gasteiger partial charge in [-0.25, -0.2) is 0 Å². The van der Waals surface area contributed by atoms with Crippen molar-refractivity contribution in [2.24, 2.45) is 11.8 Å². The highest BCUT2D eigenvalue weighted by Crippen LogP contribution is 2.25. The van der Waals surface area contributed by atoms with E-state index in [2.05, 4.69) is 5.43 Å². The summed E-state index contributed by atoms with van der Waals surface area (Å²) in [5.74, 6) is 4.89. The highest BCUT2D eigenvalue weighted by atomic mass is 35.5. The van der Waals surface area contributed by atoms with E-state index in [0.717, 1.165) is 16.8 Å². The van der Waals surface area contributed by atoms with Crippen molar-refractivity contribution in [2.45, 2.75) is 19.4 Å². The smallest absolute Gasteiger partial charge is 0.233 e. The van der Waals surface area contributed by atoms with E-state index in [1.54, 1.807) is 0 Å². The van der Waals surface area contributed by atoms with Gasteiger partial charge in [0, 0.05) is 12.1 Å². The molecule has 1 atom stereocenters. The van der Waals surface area contributed by atoms with Crippen LogP contribution in [-0.2, 0) is 22.6 Å². The number of carbonyl (C=O) groups excluding carboxylic acids is 2. The molecule has 1 fully saturated rings. The Morgan fingerprint density at radius 2 is 1.67 bits per heavy atom. The molecule has 0 saturated carbocycles. The summed E-state index contributed by atoms with van der Waals surface area (Å²) in [4.78, 5) is 26.1. The molecule has 24 heavy (non-hydrogen) atoms. The zero-order valence-electron chi connectivity index (χ0n) is 13.1. The Kier molecular flexibility index (Phi) is 5.95. The van der Waals surface area contributed by atoms with Crippen LogP contribution >= 0.6 is 12.4 Å². The fraction of sp³-hybridized carbons (Fsp3) is 0.222. The average Bonchev–Trinajstić information content (AvgIpc) is 2.84. The molecule has 2 aromatic carbocycles. The summed E-state index contributed by atoms with van der Waals surface area (Å²) in [5.41, 5.74) is 5.37. The predicted octanol–water partition coefficient (Wildman–Crippen LogP) is 2.51. The van der Waals surface area contributed by atoms with Gasteiger partial charge in [-0.05, 0) is 29.7 Å². The van der Waals surface area contributed by atoms with E-state index in [0.29, 0.717) is 13.0 Å². The Morgan fingerprint density at radius 3 is 2.29 bits per heavy atom. The summed E-state index contributed by atoms with van der Waals surface area (Å²) in [6.07, 6.45) is 0.850. The number of halogens is 1. The molecule has 3 rings (SSSR count). The van der Waals surface area contributed by atoms with Crippen LogP contribution in [0.5, 0.6) is 0 Å². The molecule has 0 radical (unpaired) electrons. The maximum absolute atomic E-state index is 12.5. The van der Waals surface area contributed by atoms with Crippen LogP contribution in [0.3, 0.4) is 0 Å². The van der Waals surface area contributed by atoms with Gasteiger partial charge >= 0.3 is 0 Å². The van der Waals surface area contributed by atoms with Crippen molar-refractivity contribution in [3.8, 4) is 0 Å². The predicted molar refractivity (Wildman–Crippen MR) is 95.3 cm³/mol. The summed E-state index contributed by atoms with van der Waals surface area (Å²) in [6.45, 7) is 0.352. The number of likely N-dealkylation sites (tertiary alicyclic amines) is 1. The molecule has 3 N–H and O–H groups in total. The van der Waals surface area contributed by atoms with Gasteiger partial charge in [-0.2, -0.15) is 0 Å². The monoisotopic (exact) mass is 345 g/mol. The van der Waals surface area contributed by atoms with Crippen molar-refractivity contribution < 1.29 is 9.59 Å². The van der Waals surface area contributed by atoms with Gasteiger partial charge < -0.3 is 5.43 Å². The van der Waals surface area contributed by atoms with Crippen molar-refractivity contribution in [1.29, 1.82) is 0 Å². The van der Waals surface area contributed by atoms with Crippen LogP contribution in [-0.4, -0.2) is 16.7 Å². The second-order valence-electron chi connectivity index (χ2n) is 5.75. The molecule has 0 aromatic heterocycles. The third kappa shape index (κ3) is 3.93. The van der Waals surface area contributed by atoms with Crippen molar-refractivity contribution in [2.75, 3.05) is 5.43 Å². The molecular formula is C18H20ClN3O2. The van der Waals surface area contributed by atoms with E-state index >= 15 is 0 Å². The third-order valence-electron chi connectivity index (χ3n) is 4.12. The number of rotatable bonds is 5. The Labute approximate surface area is 147 Å². The standard InChI is InChI=1S/C18H19N3O2.ClH/c19-20-16-8-6-13(7-9-16)10-15-11-17(22)21(18(15)23)12-14-4-2-1-3-5-14;/h1-9,15,20H,10-12,19H2;1H. The van der Waals surface area contributed by atoms with E-state index in [1.165, 1.54) is 4.90 Å². The van der Waals surface area contributed by atoms with E-state index in [1.807, 2.05) is 54.6 Å². The summed E-state index contributed by atoms with van der Waals surface area (Å²) in [7, 11) is 0. The van der Waals surface area contributed by atoms with Gasteiger partial charge in [0.15, 0.2) is 0 Å². The molecular weight excluding hydrogens is 326 g/mol. The molecule has 5 nitrogen and oxygen atoms in total. The van der Waals surface area contributed by atoms with Gasteiger partial charge in [0.2, 0.25) is 11.8 Å². The Hall–Kier alpha value is -2.37. The van der Waals surface area contributed by atoms with E-state index < -0.39 is 0 Å². The first-order valence-electron chi connectivity index (χ1n) is 7.61. The molecule has 126 valence electrons. The van der Waals surface area contributed by atoms with Crippen LogP contribution in [0.15, 0.2) is 54.6 Å². The molecule has 0 bridgehead atoms. The number of amides is 2. The van der Waals surface area contributed by atoms with Crippen LogP contribution in [0.4, 0.5) is 5.69 Å². The van der Waals surface area contributed by atoms with Crippen LogP contribution < -0.4 is 11.3 Å². The average molecular weight is 346 g/mol. The van der Waals surface area contributed by atoms with Crippen LogP contribution in [0.25, 0.3) is 0 Å². The van der Waals surface area contributed by atoms with Gasteiger partial charge in [0.1, 0.15) is 0 Å². The van der Waals surface area contributed by atoms with Gasteiger partial charge in [-0.15, -0.1) is 12.4 Å². The minimum Gasteiger partial charge on any atom is -0.324 e. The second kappa shape index (κ2) is 7.95. The van der Waals surface area contributed by atoms with E-state index in [9.17, 15) is 9.59 Å². The Balaban J connectivity index is 0.00000208. The molecule has 6 heteroatoms. The number of anilines is 1. The zero-order chi connectivity index (χ0) is 16.2.